The summed E-state index contributed by atoms with van der Waals surface area (Å²) >= 11 is 0. The fourth-order valence-corrected chi connectivity index (χ4v) is 4.75. The minimum atomic E-state index is -0.223. The average Bonchev–Trinajstić information content (AvgIpc) is 3.65. The highest BCUT2D eigenvalue weighted by Crippen LogP contribution is 2.40. The van der Waals surface area contributed by atoms with Gasteiger partial charge in [0.15, 0.2) is 11.5 Å². The molecule has 4 heterocycles. The SMILES string of the molecule is CCOCCCn1c(NC(=O)c2cc(C3CC3)nc3c2c(C)nn3-c2ccccn2)nc2ccccc21. The van der Waals surface area contributed by atoms with Gasteiger partial charge in [0.25, 0.3) is 5.91 Å². The van der Waals surface area contributed by atoms with Gasteiger partial charge in [-0.15, -0.1) is 0 Å². The molecule has 6 rings (SSSR count). The number of amides is 1. The molecule has 1 saturated carbocycles. The van der Waals surface area contributed by atoms with Gasteiger partial charge in [-0.3, -0.25) is 10.1 Å². The molecule has 0 saturated heterocycles. The van der Waals surface area contributed by atoms with Gasteiger partial charge in [0, 0.05) is 37.6 Å². The molecule has 1 fully saturated rings. The van der Waals surface area contributed by atoms with Gasteiger partial charge >= 0.3 is 0 Å². The van der Waals surface area contributed by atoms with E-state index in [0.29, 0.717) is 48.7 Å². The highest BCUT2D eigenvalue weighted by atomic mass is 16.5. The molecule has 1 N–H and O–H groups in total. The topological polar surface area (TPSA) is 99.8 Å². The van der Waals surface area contributed by atoms with E-state index in [-0.39, 0.29) is 5.91 Å². The molecule has 5 aromatic rings. The molecular formula is C28H29N7O2. The summed E-state index contributed by atoms with van der Waals surface area (Å²) in [5.41, 5.74) is 4.67. The number of carbonyl (C=O) groups is 1. The molecule has 37 heavy (non-hydrogen) atoms. The average molecular weight is 496 g/mol. The third-order valence-corrected chi connectivity index (χ3v) is 6.69. The van der Waals surface area contributed by atoms with Gasteiger partial charge in [-0.05, 0) is 63.4 Å². The first-order valence-electron chi connectivity index (χ1n) is 12.8. The summed E-state index contributed by atoms with van der Waals surface area (Å²) in [5.74, 6) is 1.34. The lowest BCUT2D eigenvalue weighted by Gasteiger charge is -2.12. The van der Waals surface area contributed by atoms with Crippen molar-refractivity contribution in [2.75, 3.05) is 18.5 Å². The van der Waals surface area contributed by atoms with Crippen molar-refractivity contribution < 1.29 is 9.53 Å². The Morgan fingerprint density at radius 1 is 1.14 bits per heavy atom. The summed E-state index contributed by atoms with van der Waals surface area (Å²) in [6.45, 7) is 5.91. The van der Waals surface area contributed by atoms with Gasteiger partial charge in [-0.25, -0.2) is 15.0 Å². The molecule has 1 aliphatic carbocycles. The number of benzene rings is 1. The fourth-order valence-electron chi connectivity index (χ4n) is 4.75. The molecule has 1 amide bonds. The number of pyridine rings is 2. The molecule has 9 nitrogen and oxygen atoms in total. The number of nitrogens with zero attached hydrogens (tertiary/aromatic N) is 6. The minimum Gasteiger partial charge on any atom is -0.382 e. The van der Waals surface area contributed by atoms with Crippen molar-refractivity contribution >= 4 is 33.9 Å². The molecule has 0 atom stereocenters. The zero-order valence-electron chi connectivity index (χ0n) is 21.0. The monoisotopic (exact) mass is 495 g/mol. The number of aromatic nitrogens is 6. The van der Waals surface area contributed by atoms with Crippen molar-refractivity contribution in [2.45, 2.75) is 45.6 Å². The van der Waals surface area contributed by atoms with E-state index in [2.05, 4.69) is 14.9 Å². The van der Waals surface area contributed by atoms with Crippen molar-refractivity contribution in [1.82, 2.24) is 29.3 Å². The lowest BCUT2D eigenvalue weighted by atomic mass is 10.1. The fraction of sp³-hybridized carbons (Fsp3) is 0.321. The number of para-hydroxylation sites is 2. The quantitative estimate of drug-likeness (QED) is 0.288. The molecule has 0 unspecified atom stereocenters. The lowest BCUT2D eigenvalue weighted by molar-refractivity contribution is 0.102. The Balaban J connectivity index is 1.41. The zero-order valence-corrected chi connectivity index (χ0v) is 21.0. The Bertz CT molecular complexity index is 1580. The van der Waals surface area contributed by atoms with Crippen LogP contribution in [-0.2, 0) is 11.3 Å². The maximum absolute atomic E-state index is 13.9. The first-order valence-corrected chi connectivity index (χ1v) is 12.8. The summed E-state index contributed by atoms with van der Waals surface area (Å²) < 4.78 is 9.32. The van der Waals surface area contributed by atoms with Crippen LogP contribution in [0.1, 0.15) is 53.8 Å². The second kappa shape index (κ2) is 9.74. The van der Waals surface area contributed by atoms with E-state index in [1.807, 2.05) is 62.4 Å². The van der Waals surface area contributed by atoms with E-state index in [1.54, 1.807) is 10.9 Å². The van der Waals surface area contributed by atoms with Crippen LogP contribution in [0.4, 0.5) is 5.95 Å². The summed E-state index contributed by atoms with van der Waals surface area (Å²) in [4.78, 5) is 28.0. The maximum atomic E-state index is 13.9. The molecular weight excluding hydrogens is 466 g/mol. The molecule has 0 spiro atoms. The van der Waals surface area contributed by atoms with Crippen LogP contribution < -0.4 is 5.32 Å². The Hall–Kier alpha value is -4.11. The molecule has 9 heteroatoms. The van der Waals surface area contributed by atoms with Crippen LogP contribution in [0.25, 0.3) is 27.9 Å². The predicted octanol–water partition coefficient (Wildman–Crippen LogP) is 5.03. The molecule has 0 bridgehead atoms. The molecule has 188 valence electrons. The van der Waals surface area contributed by atoms with E-state index in [4.69, 9.17) is 19.8 Å². The minimum absolute atomic E-state index is 0.223. The molecule has 0 radical (unpaired) electrons. The van der Waals surface area contributed by atoms with Crippen LogP contribution in [0.5, 0.6) is 0 Å². The van der Waals surface area contributed by atoms with Gasteiger partial charge < -0.3 is 9.30 Å². The van der Waals surface area contributed by atoms with Gasteiger partial charge in [0.05, 0.1) is 27.7 Å². The number of fused-ring (bicyclic) bond motifs is 2. The second-order valence-corrected chi connectivity index (χ2v) is 9.33. The number of anilines is 1. The zero-order chi connectivity index (χ0) is 25.4. The van der Waals surface area contributed by atoms with Crippen molar-refractivity contribution in [2.24, 2.45) is 0 Å². The van der Waals surface area contributed by atoms with Crippen LogP contribution in [0, 0.1) is 6.92 Å². The first-order chi connectivity index (χ1) is 18.1. The number of carbonyl (C=O) groups excluding carboxylic acids is 1. The summed E-state index contributed by atoms with van der Waals surface area (Å²) in [6.07, 6.45) is 4.70. The lowest BCUT2D eigenvalue weighted by Crippen LogP contribution is -2.18. The van der Waals surface area contributed by atoms with Crippen molar-refractivity contribution in [1.29, 1.82) is 0 Å². The van der Waals surface area contributed by atoms with E-state index in [9.17, 15) is 4.79 Å². The summed E-state index contributed by atoms with van der Waals surface area (Å²) in [5, 5.41) is 8.55. The van der Waals surface area contributed by atoms with Gasteiger partial charge in [-0.1, -0.05) is 18.2 Å². The number of ether oxygens (including phenoxy) is 1. The summed E-state index contributed by atoms with van der Waals surface area (Å²) in [6, 6.07) is 15.5. The van der Waals surface area contributed by atoms with Crippen molar-refractivity contribution in [3.63, 3.8) is 0 Å². The Labute approximate surface area is 214 Å². The Kier molecular flexibility index (Phi) is 6.13. The normalized spacial score (nSPS) is 13.5. The largest absolute Gasteiger partial charge is 0.382 e. The Morgan fingerprint density at radius 2 is 1.97 bits per heavy atom. The second-order valence-electron chi connectivity index (χ2n) is 9.33. The number of nitrogens with one attached hydrogen (secondary N) is 1. The number of hydrogen-bond acceptors (Lipinski definition) is 6. The number of rotatable bonds is 9. The smallest absolute Gasteiger partial charge is 0.258 e. The van der Waals surface area contributed by atoms with Crippen LogP contribution in [0.15, 0.2) is 54.7 Å². The Morgan fingerprint density at radius 3 is 2.76 bits per heavy atom. The highest BCUT2D eigenvalue weighted by Gasteiger charge is 2.29. The molecule has 1 aliphatic rings. The van der Waals surface area contributed by atoms with E-state index in [0.717, 1.165) is 47.1 Å². The molecule has 1 aromatic carbocycles. The van der Waals surface area contributed by atoms with Crippen molar-refractivity contribution in [3.05, 3.63) is 71.7 Å². The number of aryl methyl sites for hydroxylation is 2. The number of hydrogen-bond donors (Lipinski definition) is 1. The van der Waals surface area contributed by atoms with E-state index >= 15 is 0 Å². The number of imidazole rings is 1. The standard InChI is InChI=1S/C28H29N7O2/c1-3-37-16-8-15-34-23-10-5-4-9-21(23)31-28(34)32-27(36)20-17-22(19-12-13-19)30-26-25(20)18(2)33-35(26)24-11-6-7-14-29-24/h4-7,9-11,14,17,19H,3,8,12-13,15-16H2,1-2H3,(H,31,32,36). The third-order valence-electron chi connectivity index (χ3n) is 6.69. The predicted molar refractivity (Wildman–Crippen MR) is 142 cm³/mol. The van der Waals surface area contributed by atoms with E-state index < -0.39 is 0 Å². The van der Waals surface area contributed by atoms with Crippen LogP contribution in [-0.4, -0.2) is 48.4 Å². The third kappa shape index (κ3) is 4.46. The summed E-state index contributed by atoms with van der Waals surface area (Å²) in [7, 11) is 0. The highest BCUT2D eigenvalue weighted by molar-refractivity contribution is 6.12. The van der Waals surface area contributed by atoms with Crippen molar-refractivity contribution in [3.8, 4) is 5.82 Å². The van der Waals surface area contributed by atoms with Crippen LogP contribution in [0.3, 0.4) is 0 Å². The van der Waals surface area contributed by atoms with Crippen LogP contribution in [0.2, 0.25) is 0 Å². The first kappa shape index (κ1) is 23.3. The van der Waals surface area contributed by atoms with Gasteiger partial charge in [0.2, 0.25) is 5.95 Å². The van der Waals surface area contributed by atoms with Crippen LogP contribution >= 0.6 is 0 Å². The molecule has 4 aromatic heterocycles. The van der Waals surface area contributed by atoms with Gasteiger partial charge in [0.1, 0.15) is 0 Å². The molecule has 0 aliphatic heterocycles. The maximum Gasteiger partial charge on any atom is 0.258 e. The van der Waals surface area contributed by atoms with E-state index in [1.165, 1.54) is 0 Å². The van der Waals surface area contributed by atoms with Gasteiger partial charge in [-0.2, -0.15) is 9.78 Å².